The monoisotopic (exact) mass is 298 g/mol. The number of nitrogens with zero attached hydrogens (tertiary/aromatic N) is 2. The van der Waals surface area contributed by atoms with Crippen molar-refractivity contribution in [1.29, 1.82) is 5.41 Å². The van der Waals surface area contributed by atoms with Crippen molar-refractivity contribution < 1.29 is 5.11 Å². The first-order chi connectivity index (χ1) is 9.45. The minimum Gasteiger partial charge on any atom is -0.494 e. The SMILES string of the molecule is C.CCCCn1c(O)c(C(=N)N)c(=O)n(CCCC)c1=O. The van der Waals surface area contributed by atoms with Crippen molar-refractivity contribution in [2.24, 2.45) is 5.73 Å². The topological polar surface area (TPSA) is 114 Å². The number of amidine groups is 1. The average molecular weight is 298 g/mol. The number of aromatic nitrogens is 2. The van der Waals surface area contributed by atoms with Crippen LogP contribution in [-0.2, 0) is 13.1 Å². The fraction of sp³-hybridized carbons (Fsp3) is 0.643. The molecule has 0 fully saturated rings. The first-order valence-electron chi connectivity index (χ1n) is 6.86. The van der Waals surface area contributed by atoms with Gasteiger partial charge in [-0.3, -0.25) is 19.3 Å². The molecule has 0 spiro atoms. The van der Waals surface area contributed by atoms with Crippen molar-refractivity contribution in [1.82, 2.24) is 9.13 Å². The Morgan fingerprint density at radius 2 is 1.62 bits per heavy atom. The normalized spacial score (nSPS) is 10.2. The number of nitrogen functional groups attached to an aromatic ring is 1. The number of rotatable bonds is 7. The summed E-state index contributed by atoms with van der Waals surface area (Å²) in [6.07, 6.45) is 3.04. The van der Waals surface area contributed by atoms with E-state index in [0.717, 1.165) is 22.0 Å². The molecule has 21 heavy (non-hydrogen) atoms. The smallest absolute Gasteiger partial charge is 0.333 e. The Morgan fingerprint density at radius 3 is 2.05 bits per heavy atom. The second-order valence-corrected chi connectivity index (χ2v) is 4.71. The van der Waals surface area contributed by atoms with Gasteiger partial charge in [0.25, 0.3) is 5.56 Å². The fourth-order valence-electron chi connectivity index (χ4n) is 1.96. The third kappa shape index (κ3) is 3.96. The highest BCUT2D eigenvalue weighted by Gasteiger charge is 2.20. The van der Waals surface area contributed by atoms with Gasteiger partial charge in [-0.1, -0.05) is 34.1 Å². The standard InChI is InChI=1S/C13H22N4O3.CH4/c1-3-5-7-16-11(18)9(10(14)15)12(19)17(13(16)20)8-6-4-2;/h18H,3-8H2,1-2H3,(H3,14,15);1H4. The Labute approximate surface area is 124 Å². The molecule has 0 aliphatic carbocycles. The van der Waals surface area contributed by atoms with Crippen LogP contribution in [0.25, 0.3) is 0 Å². The second-order valence-electron chi connectivity index (χ2n) is 4.71. The van der Waals surface area contributed by atoms with Gasteiger partial charge >= 0.3 is 5.69 Å². The zero-order chi connectivity index (χ0) is 15.3. The van der Waals surface area contributed by atoms with Gasteiger partial charge in [0.05, 0.1) is 0 Å². The molecule has 0 saturated heterocycles. The summed E-state index contributed by atoms with van der Waals surface area (Å²) in [5, 5.41) is 17.5. The molecular formula is C14H26N4O3. The summed E-state index contributed by atoms with van der Waals surface area (Å²) in [6, 6.07) is 0. The average Bonchev–Trinajstić information content (AvgIpc) is 2.38. The van der Waals surface area contributed by atoms with Crippen molar-refractivity contribution in [2.75, 3.05) is 0 Å². The minimum atomic E-state index is -0.693. The molecule has 0 aliphatic rings. The van der Waals surface area contributed by atoms with Crippen LogP contribution in [0.1, 0.15) is 52.5 Å². The second kappa shape index (κ2) is 8.28. The Balaban J connectivity index is 0.00000400. The lowest BCUT2D eigenvalue weighted by atomic mass is 10.2. The van der Waals surface area contributed by atoms with E-state index in [1.165, 1.54) is 0 Å². The molecule has 0 aromatic carbocycles. The third-order valence-electron chi connectivity index (χ3n) is 3.14. The number of hydrogen-bond donors (Lipinski definition) is 3. The van der Waals surface area contributed by atoms with E-state index in [0.29, 0.717) is 19.4 Å². The van der Waals surface area contributed by atoms with Crippen LogP contribution in [-0.4, -0.2) is 20.1 Å². The first-order valence-corrected chi connectivity index (χ1v) is 6.86. The molecular weight excluding hydrogens is 272 g/mol. The quantitative estimate of drug-likeness (QED) is 0.519. The third-order valence-corrected chi connectivity index (χ3v) is 3.14. The van der Waals surface area contributed by atoms with Crippen LogP contribution in [0.4, 0.5) is 0 Å². The van der Waals surface area contributed by atoms with Crippen LogP contribution in [0.3, 0.4) is 0 Å². The molecule has 0 amide bonds. The van der Waals surface area contributed by atoms with Gasteiger partial charge in [-0.15, -0.1) is 0 Å². The predicted molar refractivity (Wildman–Crippen MR) is 84.2 cm³/mol. The minimum absolute atomic E-state index is 0. The summed E-state index contributed by atoms with van der Waals surface area (Å²) in [5.74, 6) is -1.03. The van der Waals surface area contributed by atoms with Crippen molar-refractivity contribution in [2.45, 2.75) is 60.0 Å². The van der Waals surface area contributed by atoms with Crippen molar-refractivity contribution >= 4 is 5.84 Å². The highest BCUT2D eigenvalue weighted by atomic mass is 16.3. The Kier molecular flexibility index (Phi) is 7.48. The number of aromatic hydroxyl groups is 1. The summed E-state index contributed by atoms with van der Waals surface area (Å²) in [5.41, 5.74) is 3.82. The Morgan fingerprint density at radius 1 is 1.14 bits per heavy atom. The lowest BCUT2D eigenvalue weighted by Crippen LogP contribution is -2.43. The molecule has 7 nitrogen and oxygen atoms in total. The molecule has 1 rings (SSSR count). The number of nitrogens with two attached hydrogens (primary N) is 1. The molecule has 1 aromatic heterocycles. The molecule has 0 atom stereocenters. The van der Waals surface area contributed by atoms with Gasteiger partial charge in [-0.25, -0.2) is 4.79 Å². The molecule has 0 bridgehead atoms. The summed E-state index contributed by atoms with van der Waals surface area (Å²) < 4.78 is 2.17. The lowest BCUT2D eigenvalue weighted by molar-refractivity contribution is 0.380. The molecule has 7 heteroatoms. The molecule has 0 unspecified atom stereocenters. The maximum absolute atomic E-state index is 12.3. The molecule has 0 saturated carbocycles. The van der Waals surface area contributed by atoms with Crippen molar-refractivity contribution in [3.63, 3.8) is 0 Å². The highest BCUT2D eigenvalue weighted by molar-refractivity contribution is 5.96. The van der Waals surface area contributed by atoms with Crippen molar-refractivity contribution in [3.8, 4) is 5.88 Å². The maximum atomic E-state index is 12.3. The van der Waals surface area contributed by atoms with Gasteiger partial charge in [-0.05, 0) is 12.8 Å². The zero-order valence-electron chi connectivity index (χ0n) is 12.0. The molecule has 1 aromatic rings. The molecule has 0 radical (unpaired) electrons. The van der Waals surface area contributed by atoms with E-state index in [1.807, 2.05) is 13.8 Å². The van der Waals surface area contributed by atoms with E-state index < -0.39 is 23.0 Å². The van der Waals surface area contributed by atoms with Crippen LogP contribution < -0.4 is 17.0 Å². The van der Waals surface area contributed by atoms with E-state index in [2.05, 4.69) is 0 Å². The first kappa shape index (κ1) is 18.9. The molecule has 1 heterocycles. The Hall–Kier alpha value is -2.05. The van der Waals surface area contributed by atoms with Gasteiger partial charge in [0, 0.05) is 13.1 Å². The number of unbranched alkanes of at least 4 members (excludes halogenated alkanes) is 2. The Bertz CT molecular complexity index is 601. The summed E-state index contributed by atoms with van der Waals surface area (Å²) in [4.78, 5) is 24.4. The summed E-state index contributed by atoms with van der Waals surface area (Å²) in [6.45, 7) is 4.47. The van der Waals surface area contributed by atoms with Crippen LogP contribution in [0.15, 0.2) is 9.59 Å². The number of hydrogen-bond acceptors (Lipinski definition) is 4. The van der Waals surface area contributed by atoms with E-state index in [1.54, 1.807) is 0 Å². The highest BCUT2D eigenvalue weighted by Crippen LogP contribution is 2.11. The lowest BCUT2D eigenvalue weighted by Gasteiger charge is -2.14. The zero-order valence-corrected chi connectivity index (χ0v) is 12.0. The van der Waals surface area contributed by atoms with E-state index in [9.17, 15) is 14.7 Å². The molecule has 0 aliphatic heterocycles. The van der Waals surface area contributed by atoms with Gasteiger partial charge in [-0.2, -0.15) is 0 Å². The summed E-state index contributed by atoms with van der Waals surface area (Å²) in [7, 11) is 0. The van der Waals surface area contributed by atoms with Gasteiger partial charge in [0.1, 0.15) is 11.4 Å². The van der Waals surface area contributed by atoms with Crippen molar-refractivity contribution in [3.05, 3.63) is 26.4 Å². The van der Waals surface area contributed by atoms with E-state index in [-0.39, 0.29) is 19.5 Å². The fourth-order valence-corrected chi connectivity index (χ4v) is 1.96. The maximum Gasteiger partial charge on any atom is 0.333 e. The molecule has 120 valence electrons. The van der Waals surface area contributed by atoms with Gasteiger partial charge < -0.3 is 10.8 Å². The summed E-state index contributed by atoms with van der Waals surface area (Å²) >= 11 is 0. The van der Waals surface area contributed by atoms with Gasteiger partial charge in [0.2, 0.25) is 5.88 Å². The van der Waals surface area contributed by atoms with Gasteiger partial charge in [0.15, 0.2) is 0 Å². The van der Waals surface area contributed by atoms with Crippen LogP contribution in [0.2, 0.25) is 0 Å². The van der Waals surface area contributed by atoms with Crippen LogP contribution >= 0.6 is 0 Å². The van der Waals surface area contributed by atoms with Crippen LogP contribution in [0, 0.1) is 5.41 Å². The number of nitrogens with one attached hydrogen (secondary N) is 1. The largest absolute Gasteiger partial charge is 0.494 e. The predicted octanol–water partition coefficient (Wildman–Crippen LogP) is 1.24. The molecule has 4 N–H and O–H groups in total. The van der Waals surface area contributed by atoms with E-state index >= 15 is 0 Å². The van der Waals surface area contributed by atoms with E-state index in [4.69, 9.17) is 11.1 Å². The van der Waals surface area contributed by atoms with Crippen LogP contribution in [0.5, 0.6) is 5.88 Å².